The standard InChI is InChI=1S/C17H15N3OS/c1-21-15-7-3-2-5-13(15)11-19-17(22)14-9-8-12-6-4-10-18-16(12)20-14/h2-10H,11H2,1H3,(H,19,22). The molecule has 0 atom stereocenters. The Balaban J connectivity index is 1.75. The minimum atomic E-state index is 0.588. The van der Waals surface area contributed by atoms with Crippen molar-refractivity contribution in [2.75, 3.05) is 7.11 Å². The fraction of sp³-hybridized carbons (Fsp3) is 0.118. The van der Waals surface area contributed by atoms with E-state index in [0.29, 0.717) is 17.2 Å². The fourth-order valence-electron chi connectivity index (χ4n) is 2.19. The molecule has 2 heterocycles. The van der Waals surface area contributed by atoms with E-state index in [2.05, 4.69) is 15.3 Å². The monoisotopic (exact) mass is 309 g/mol. The number of thiocarbonyl (C=S) groups is 1. The third-order valence-corrected chi connectivity index (χ3v) is 3.68. The van der Waals surface area contributed by atoms with Gasteiger partial charge in [0.15, 0.2) is 5.65 Å². The summed E-state index contributed by atoms with van der Waals surface area (Å²) in [6.07, 6.45) is 1.73. The lowest BCUT2D eigenvalue weighted by Gasteiger charge is -2.11. The van der Waals surface area contributed by atoms with E-state index in [9.17, 15) is 0 Å². The number of aromatic nitrogens is 2. The SMILES string of the molecule is COc1ccccc1CNC(=S)c1ccc2cccnc2n1. The summed E-state index contributed by atoms with van der Waals surface area (Å²) >= 11 is 5.42. The zero-order valence-electron chi connectivity index (χ0n) is 12.1. The number of nitrogens with one attached hydrogen (secondary N) is 1. The molecule has 3 rings (SSSR count). The number of hydrogen-bond donors (Lipinski definition) is 1. The summed E-state index contributed by atoms with van der Waals surface area (Å²) in [7, 11) is 1.66. The van der Waals surface area contributed by atoms with E-state index >= 15 is 0 Å². The highest BCUT2D eigenvalue weighted by molar-refractivity contribution is 7.80. The number of methoxy groups -OCH3 is 1. The van der Waals surface area contributed by atoms with Gasteiger partial charge in [-0.25, -0.2) is 9.97 Å². The van der Waals surface area contributed by atoms with Gasteiger partial charge in [0.25, 0.3) is 0 Å². The molecule has 22 heavy (non-hydrogen) atoms. The molecule has 4 nitrogen and oxygen atoms in total. The first-order chi connectivity index (χ1) is 10.8. The summed E-state index contributed by atoms with van der Waals surface area (Å²) in [5.41, 5.74) is 2.46. The van der Waals surface area contributed by atoms with Gasteiger partial charge in [-0.15, -0.1) is 0 Å². The van der Waals surface area contributed by atoms with Crippen molar-refractivity contribution >= 4 is 28.2 Å². The highest BCUT2D eigenvalue weighted by Gasteiger charge is 2.06. The van der Waals surface area contributed by atoms with E-state index in [1.54, 1.807) is 13.3 Å². The average molecular weight is 309 g/mol. The minimum absolute atomic E-state index is 0.588. The highest BCUT2D eigenvalue weighted by atomic mass is 32.1. The molecule has 1 N–H and O–H groups in total. The van der Waals surface area contributed by atoms with Crippen LogP contribution < -0.4 is 10.1 Å². The summed E-state index contributed by atoms with van der Waals surface area (Å²) in [5, 5.41) is 4.21. The lowest BCUT2D eigenvalue weighted by Crippen LogP contribution is -2.23. The van der Waals surface area contributed by atoms with Crippen LogP contribution in [-0.4, -0.2) is 22.1 Å². The zero-order chi connectivity index (χ0) is 15.4. The minimum Gasteiger partial charge on any atom is -0.496 e. The van der Waals surface area contributed by atoms with Gasteiger partial charge in [-0.05, 0) is 30.3 Å². The third kappa shape index (κ3) is 3.04. The molecule has 0 saturated carbocycles. The van der Waals surface area contributed by atoms with Gasteiger partial charge in [0.1, 0.15) is 10.7 Å². The second-order valence-corrected chi connectivity index (χ2v) is 5.15. The number of ether oxygens (including phenoxy) is 1. The molecule has 3 aromatic rings. The van der Waals surface area contributed by atoms with Gasteiger partial charge < -0.3 is 10.1 Å². The van der Waals surface area contributed by atoms with Gasteiger partial charge in [0, 0.05) is 23.7 Å². The van der Waals surface area contributed by atoms with Crippen molar-refractivity contribution in [2.45, 2.75) is 6.54 Å². The predicted molar refractivity (Wildman–Crippen MR) is 91.1 cm³/mol. The van der Waals surface area contributed by atoms with Crippen molar-refractivity contribution in [3.63, 3.8) is 0 Å². The van der Waals surface area contributed by atoms with Gasteiger partial charge in [0.2, 0.25) is 0 Å². The van der Waals surface area contributed by atoms with Crippen LogP contribution in [-0.2, 0) is 6.54 Å². The van der Waals surface area contributed by atoms with Crippen LogP contribution >= 0.6 is 12.2 Å². The Hall–Kier alpha value is -2.53. The van der Waals surface area contributed by atoms with Crippen molar-refractivity contribution in [3.8, 4) is 5.75 Å². The maximum Gasteiger partial charge on any atom is 0.159 e. The molecule has 0 fully saturated rings. The fourth-order valence-corrected chi connectivity index (χ4v) is 2.38. The Morgan fingerprint density at radius 2 is 2.00 bits per heavy atom. The van der Waals surface area contributed by atoms with E-state index in [0.717, 1.165) is 22.4 Å². The summed E-state index contributed by atoms with van der Waals surface area (Å²) in [5.74, 6) is 0.839. The third-order valence-electron chi connectivity index (χ3n) is 3.33. The van der Waals surface area contributed by atoms with Gasteiger partial charge in [-0.3, -0.25) is 0 Å². The molecule has 1 aromatic carbocycles. The van der Waals surface area contributed by atoms with Crippen LogP contribution in [0.15, 0.2) is 54.7 Å². The Morgan fingerprint density at radius 3 is 2.86 bits per heavy atom. The lowest BCUT2D eigenvalue weighted by atomic mass is 10.2. The summed E-state index contributed by atoms with van der Waals surface area (Å²) < 4.78 is 5.33. The summed E-state index contributed by atoms with van der Waals surface area (Å²) in [6.45, 7) is 0.588. The van der Waals surface area contributed by atoms with Crippen molar-refractivity contribution < 1.29 is 4.74 Å². The highest BCUT2D eigenvalue weighted by Crippen LogP contribution is 2.17. The van der Waals surface area contributed by atoms with Crippen LogP contribution in [0.1, 0.15) is 11.3 Å². The summed E-state index contributed by atoms with van der Waals surface area (Å²) in [4.78, 5) is 9.33. The molecule has 0 spiro atoms. The molecule has 0 radical (unpaired) electrons. The molecule has 0 aliphatic carbocycles. The maximum atomic E-state index is 5.42. The topological polar surface area (TPSA) is 47.0 Å². The second-order valence-electron chi connectivity index (χ2n) is 4.74. The Bertz CT molecular complexity index is 820. The Morgan fingerprint density at radius 1 is 1.14 bits per heavy atom. The number of benzene rings is 1. The van der Waals surface area contributed by atoms with E-state index in [1.807, 2.05) is 48.5 Å². The summed E-state index contributed by atoms with van der Waals surface area (Å²) in [6, 6.07) is 15.6. The molecular formula is C17H15N3OS. The number of nitrogens with zero attached hydrogens (tertiary/aromatic N) is 2. The number of para-hydroxylation sites is 1. The van der Waals surface area contributed by atoms with E-state index in [4.69, 9.17) is 17.0 Å². The van der Waals surface area contributed by atoms with Crippen molar-refractivity contribution in [2.24, 2.45) is 0 Å². The Labute approximate surface area is 134 Å². The molecule has 5 heteroatoms. The quantitative estimate of drug-likeness (QED) is 0.750. The van der Waals surface area contributed by atoms with Crippen molar-refractivity contribution in [1.82, 2.24) is 15.3 Å². The van der Waals surface area contributed by atoms with Crippen LogP contribution in [0.25, 0.3) is 11.0 Å². The van der Waals surface area contributed by atoms with Crippen LogP contribution in [0.5, 0.6) is 5.75 Å². The van der Waals surface area contributed by atoms with Gasteiger partial charge >= 0.3 is 0 Å². The van der Waals surface area contributed by atoms with Crippen molar-refractivity contribution in [3.05, 3.63) is 66.0 Å². The Kier molecular flexibility index (Phi) is 4.25. The molecular weight excluding hydrogens is 294 g/mol. The average Bonchev–Trinajstić information content (AvgIpc) is 2.59. The van der Waals surface area contributed by atoms with Crippen LogP contribution in [0.4, 0.5) is 0 Å². The van der Waals surface area contributed by atoms with Crippen molar-refractivity contribution in [1.29, 1.82) is 0 Å². The molecule has 0 aliphatic heterocycles. The molecule has 0 amide bonds. The zero-order valence-corrected chi connectivity index (χ0v) is 12.9. The second kappa shape index (κ2) is 6.49. The number of fused-ring (bicyclic) bond motifs is 1. The molecule has 0 aliphatic rings. The number of rotatable bonds is 4. The van der Waals surface area contributed by atoms with Gasteiger partial charge in [-0.2, -0.15) is 0 Å². The van der Waals surface area contributed by atoms with E-state index in [1.165, 1.54) is 0 Å². The molecule has 0 bridgehead atoms. The first-order valence-electron chi connectivity index (χ1n) is 6.90. The van der Waals surface area contributed by atoms with Gasteiger partial charge in [0.05, 0.1) is 12.8 Å². The molecule has 110 valence electrons. The maximum absolute atomic E-state index is 5.42. The van der Waals surface area contributed by atoms with Crippen LogP contribution in [0, 0.1) is 0 Å². The normalized spacial score (nSPS) is 10.4. The van der Waals surface area contributed by atoms with Crippen LogP contribution in [0.2, 0.25) is 0 Å². The smallest absolute Gasteiger partial charge is 0.159 e. The predicted octanol–water partition coefficient (Wildman–Crippen LogP) is 3.10. The first-order valence-corrected chi connectivity index (χ1v) is 7.30. The van der Waals surface area contributed by atoms with Crippen LogP contribution in [0.3, 0.4) is 0 Å². The largest absolute Gasteiger partial charge is 0.496 e. The van der Waals surface area contributed by atoms with E-state index in [-0.39, 0.29) is 0 Å². The number of pyridine rings is 2. The molecule has 0 saturated heterocycles. The number of hydrogen-bond acceptors (Lipinski definition) is 4. The lowest BCUT2D eigenvalue weighted by molar-refractivity contribution is 0.409. The van der Waals surface area contributed by atoms with Gasteiger partial charge in [-0.1, -0.05) is 30.4 Å². The van der Waals surface area contributed by atoms with E-state index < -0.39 is 0 Å². The molecule has 2 aromatic heterocycles. The molecule has 0 unspecified atom stereocenters. The first kappa shape index (κ1) is 14.4.